The lowest BCUT2D eigenvalue weighted by molar-refractivity contribution is -0.149. The molecule has 43 heavy (non-hydrogen) atoms. The van der Waals surface area contributed by atoms with Crippen LogP contribution in [0.1, 0.15) is 69.2 Å². The van der Waals surface area contributed by atoms with Crippen LogP contribution in [0.5, 0.6) is 0 Å². The summed E-state index contributed by atoms with van der Waals surface area (Å²) >= 11 is 0. The lowest BCUT2D eigenvalue weighted by atomic mass is 9.59. The summed E-state index contributed by atoms with van der Waals surface area (Å²) in [5.74, 6) is -3.52. The molecule has 0 bridgehead atoms. The van der Waals surface area contributed by atoms with Crippen molar-refractivity contribution in [3.8, 4) is 6.07 Å². The Kier molecular flexibility index (Phi) is 12.9. The van der Waals surface area contributed by atoms with Crippen LogP contribution in [-0.4, -0.2) is 77.4 Å². The summed E-state index contributed by atoms with van der Waals surface area (Å²) in [6, 6.07) is 6.25. The van der Waals surface area contributed by atoms with Crippen LogP contribution >= 0.6 is 0 Å². The number of carbonyl (C=O) groups is 4. The molecular formula is C30H47N9O4. The Bertz CT molecular complexity index is 1200. The van der Waals surface area contributed by atoms with Gasteiger partial charge in [-0.15, -0.1) is 0 Å². The molecule has 1 aliphatic rings. The van der Waals surface area contributed by atoms with Crippen LogP contribution in [-0.2, 0) is 14.4 Å². The van der Waals surface area contributed by atoms with Crippen LogP contribution in [0.2, 0.25) is 0 Å². The second-order valence-corrected chi connectivity index (χ2v) is 11.6. The second-order valence-electron chi connectivity index (χ2n) is 11.6. The molecule has 12 N–H and O–H groups in total. The van der Waals surface area contributed by atoms with Gasteiger partial charge in [-0.05, 0) is 51.0 Å². The van der Waals surface area contributed by atoms with E-state index < -0.39 is 52.3 Å². The third-order valence-electron chi connectivity index (χ3n) is 8.05. The van der Waals surface area contributed by atoms with Crippen molar-refractivity contribution >= 4 is 29.2 Å². The Morgan fingerprint density at radius 2 is 1.63 bits per heavy atom. The number of nitriles is 1. The average Bonchev–Trinajstić information content (AvgIpc) is 3.34. The van der Waals surface area contributed by atoms with Crippen LogP contribution in [0, 0.1) is 28.1 Å². The Morgan fingerprint density at radius 3 is 2.19 bits per heavy atom. The smallest absolute Gasteiger partial charge is 0.241 e. The van der Waals surface area contributed by atoms with E-state index in [1.165, 1.54) is 12.1 Å². The van der Waals surface area contributed by atoms with Gasteiger partial charge in [0, 0.05) is 18.7 Å². The molecule has 0 aromatic heterocycles. The molecule has 5 atom stereocenters. The molecule has 1 heterocycles. The molecule has 13 heteroatoms. The normalized spacial score (nSPS) is 22.0. The first-order valence-corrected chi connectivity index (χ1v) is 14.8. The molecule has 236 valence electrons. The van der Waals surface area contributed by atoms with Crippen LogP contribution < -0.4 is 34.0 Å². The number of Topliss-reactive ketones (excluding diaryl/α,β-unsaturated/α-hetero) is 3. The Hall–Kier alpha value is -3.70. The highest BCUT2D eigenvalue weighted by Gasteiger charge is 2.73. The summed E-state index contributed by atoms with van der Waals surface area (Å²) in [7, 11) is 0. The number of likely N-dealkylation sites (tertiary alicyclic amines) is 1. The number of unbranched alkanes of at least 4 members (excludes halogenated alkanes) is 1. The van der Waals surface area contributed by atoms with Gasteiger partial charge in [-0.3, -0.25) is 24.6 Å². The fraction of sp³-hybridized carbons (Fsp3) is 0.600. The van der Waals surface area contributed by atoms with Crippen LogP contribution in [0.4, 0.5) is 0 Å². The number of carbonyl (C=O) groups excluding carboxylic acids is 4. The van der Waals surface area contributed by atoms with Crippen molar-refractivity contribution in [2.75, 3.05) is 19.6 Å². The summed E-state index contributed by atoms with van der Waals surface area (Å²) in [4.78, 5) is 58.4. The standard InChI is InChI=1S/C30H47N9O4/c1-19(2)17-23(35)26(42)30(18-32)29(24(40)20-9-4-3-5-10-20,25(41)21(33)11-6-7-14-31)13-16-39(30)27(43)22(34)12-8-15-38-28(36)37/h3-5,9-10,19,21-23H,6-8,11-17,31,33-35H2,1-2H3,(H4,36,37,38). The van der Waals surface area contributed by atoms with Gasteiger partial charge in [0.1, 0.15) is 11.5 Å². The maximum Gasteiger partial charge on any atom is 0.241 e. The molecule has 1 fully saturated rings. The highest BCUT2D eigenvalue weighted by Crippen LogP contribution is 2.51. The molecule has 0 saturated carbocycles. The monoisotopic (exact) mass is 597 g/mol. The highest BCUT2D eigenvalue weighted by molar-refractivity contribution is 6.23. The number of guanidine groups is 1. The summed E-state index contributed by atoms with van der Waals surface area (Å²) in [5.41, 5.74) is 25.2. The molecule has 5 unspecified atom stereocenters. The van der Waals surface area contributed by atoms with E-state index in [9.17, 15) is 24.4 Å². The first-order chi connectivity index (χ1) is 20.3. The molecule has 2 rings (SSSR count). The van der Waals surface area contributed by atoms with Gasteiger partial charge < -0.3 is 38.9 Å². The molecule has 1 aromatic carbocycles. The van der Waals surface area contributed by atoms with Gasteiger partial charge in [-0.25, -0.2) is 0 Å². The number of ketones is 3. The zero-order chi connectivity index (χ0) is 32.4. The lowest BCUT2D eigenvalue weighted by Gasteiger charge is -2.44. The topological polar surface area (TPSA) is 261 Å². The maximum atomic E-state index is 14.5. The van der Waals surface area contributed by atoms with E-state index in [0.717, 1.165) is 4.90 Å². The van der Waals surface area contributed by atoms with Crippen molar-refractivity contribution in [3.05, 3.63) is 35.9 Å². The fourth-order valence-corrected chi connectivity index (χ4v) is 5.92. The van der Waals surface area contributed by atoms with E-state index in [0.29, 0.717) is 25.8 Å². The molecule has 1 amide bonds. The minimum absolute atomic E-state index is 0.0651. The van der Waals surface area contributed by atoms with Gasteiger partial charge in [0.25, 0.3) is 0 Å². The molecule has 1 saturated heterocycles. The van der Waals surface area contributed by atoms with Gasteiger partial charge in [-0.2, -0.15) is 5.26 Å². The van der Waals surface area contributed by atoms with Gasteiger partial charge in [0.05, 0.1) is 18.1 Å². The summed E-state index contributed by atoms with van der Waals surface area (Å²) < 4.78 is 0. The fourth-order valence-electron chi connectivity index (χ4n) is 5.92. The van der Waals surface area contributed by atoms with Crippen molar-refractivity contribution < 1.29 is 19.2 Å². The van der Waals surface area contributed by atoms with Crippen LogP contribution in [0.3, 0.4) is 0 Å². The molecule has 1 aliphatic heterocycles. The number of amides is 1. The number of hydrogen-bond acceptors (Lipinski definition) is 10. The van der Waals surface area contributed by atoms with Gasteiger partial charge in [-0.1, -0.05) is 50.6 Å². The van der Waals surface area contributed by atoms with E-state index in [4.69, 9.17) is 34.1 Å². The first kappa shape index (κ1) is 35.5. The Morgan fingerprint density at radius 1 is 1.00 bits per heavy atom. The number of rotatable bonds is 17. The molecule has 0 spiro atoms. The summed E-state index contributed by atoms with van der Waals surface area (Å²) in [6.07, 6.45) is 1.56. The van der Waals surface area contributed by atoms with E-state index in [-0.39, 0.29) is 56.2 Å². The first-order valence-electron chi connectivity index (χ1n) is 14.8. The third-order valence-corrected chi connectivity index (χ3v) is 8.05. The second kappa shape index (κ2) is 15.7. The van der Waals surface area contributed by atoms with Crippen molar-refractivity contribution in [2.45, 2.75) is 82.5 Å². The van der Waals surface area contributed by atoms with Crippen molar-refractivity contribution in [1.82, 2.24) is 10.2 Å². The SMILES string of the molecule is CC(C)CC(N)C(=O)C1(C#N)N(C(=O)C(N)CCCNC(=N)N)CCC1(C(=O)c1ccccc1)C(=O)C(N)CCCCN. The number of nitrogens with two attached hydrogens (primary N) is 5. The van der Waals surface area contributed by atoms with E-state index in [1.807, 2.05) is 19.9 Å². The number of nitrogens with zero attached hydrogens (tertiary/aromatic N) is 2. The summed E-state index contributed by atoms with van der Waals surface area (Å²) in [5, 5.41) is 20.9. The molecular weight excluding hydrogens is 550 g/mol. The largest absolute Gasteiger partial charge is 0.370 e. The average molecular weight is 598 g/mol. The highest BCUT2D eigenvalue weighted by atomic mass is 16.2. The molecule has 0 aliphatic carbocycles. The van der Waals surface area contributed by atoms with Crippen molar-refractivity contribution in [1.29, 1.82) is 10.7 Å². The van der Waals surface area contributed by atoms with Gasteiger partial charge in [0.15, 0.2) is 23.3 Å². The molecule has 13 nitrogen and oxygen atoms in total. The van der Waals surface area contributed by atoms with E-state index in [1.54, 1.807) is 18.2 Å². The maximum absolute atomic E-state index is 14.5. The quantitative estimate of drug-likeness (QED) is 0.0410. The number of hydrogen-bond donors (Lipinski definition) is 7. The Balaban J connectivity index is 2.76. The zero-order valence-corrected chi connectivity index (χ0v) is 25.2. The van der Waals surface area contributed by atoms with E-state index >= 15 is 0 Å². The minimum Gasteiger partial charge on any atom is -0.370 e. The predicted octanol–water partition coefficient (Wildman–Crippen LogP) is -0.0911. The Labute approximate surface area is 253 Å². The molecule has 1 aromatic rings. The van der Waals surface area contributed by atoms with Crippen LogP contribution in [0.15, 0.2) is 30.3 Å². The molecule has 0 radical (unpaired) electrons. The number of benzene rings is 1. The minimum atomic E-state index is -2.58. The predicted molar refractivity (Wildman–Crippen MR) is 163 cm³/mol. The zero-order valence-electron chi connectivity index (χ0n) is 25.2. The van der Waals surface area contributed by atoms with Crippen molar-refractivity contribution in [3.63, 3.8) is 0 Å². The van der Waals surface area contributed by atoms with E-state index in [2.05, 4.69) is 5.32 Å². The third kappa shape index (κ3) is 7.45. The van der Waals surface area contributed by atoms with Gasteiger partial charge in [0.2, 0.25) is 11.4 Å². The summed E-state index contributed by atoms with van der Waals surface area (Å²) in [6.45, 7) is 4.07. The number of nitrogens with one attached hydrogen (secondary N) is 2. The van der Waals surface area contributed by atoms with Crippen LogP contribution in [0.25, 0.3) is 0 Å². The van der Waals surface area contributed by atoms with Crippen molar-refractivity contribution in [2.24, 2.45) is 40.0 Å². The lowest BCUT2D eigenvalue weighted by Crippen LogP contribution is -2.71. The van der Waals surface area contributed by atoms with Gasteiger partial charge >= 0.3 is 0 Å².